The number of nitrogens with one attached hydrogen (secondary N) is 2. The lowest BCUT2D eigenvalue weighted by Gasteiger charge is -2.14. The van der Waals surface area contributed by atoms with E-state index >= 15 is 0 Å². The number of anilines is 1. The molecular weight excluding hydrogens is 475 g/mol. The molecule has 150 valence electrons. The molecule has 2 rings (SSSR count). The van der Waals surface area contributed by atoms with Crippen molar-refractivity contribution >= 4 is 47.0 Å². The molecule has 0 radical (unpaired) electrons. The summed E-state index contributed by atoms with van der Waals surface area (Å²) < 4.78 is 11.0. The van der Waals surface area contributed by atoms with Gasteiger partial charge in [0.15, 0.2) is 17.5 Å². The van der Waals surface area contributed by atoms with Crippen molar-refractivity contribution in [2.45, 2.75) is 33.6 Å². The molecule has 0 aliphatic carbocycles. The van der Waals surface area contributed by atoms with Gasteiger partial charge < -0.3 is 20.1 Å². The van der Waals surface area contributed by atoms with Crippen LogP contribution in [0.25, 0.3) is 0 Å². The van der Waals surface area contributed by atoms with Crippen LogP contribution in [0.3, 0.4) is 0 Å². The standard InChI is InChI=1S/C19H28N4O2S.HI/c1-5-18-22-15(13-26-18)10-11-21-19(20-6-2)23-14-8-9-16(25-7-3)17(12-14)24-4;/h8-9,12-13H,5-7,10-11H2,1-4H3,(H2,20,21,23);1H. The minimum absolute atomic E-state index is 0. The summed E-state index contributed by atoms with van der Waals surface area (Å²) in [5.74, 6) is 2.17. The van der Waals surface area contributed by atoms with Gasteiger partial charge in [0.05, 0.1) is 24.4 Å². The molecule has 0 saturated carbocycles. The molecular formula is C19H29IN4O2S. The summed E-state index contributed by atoms with van der Waals surface area (Å²) in [6.45, 7) is 8.19. The average molecular weight is 504 g/mol. The largest absolute Gasteiger partial charge is 0.493 e. The molecule has 1 heterocycles. The van der Waals surface area contributed by atoms with Gasteiger partial charge in [-0.2, -0.15) is 0 Å². The summed E-state index contributed by atoms with van der Waals surface area (Å²) in [7, 11) is 1.64. The zero-order chi connectivity index (χ0) is 18.8. The van der Waals surface area contributed by atoms with Crippen molar-refractivity contribution in [2.24, 2.45) is 4.99 Å². The zero-order valence-electron chi connectivity index (χ0n) is 16.4. The predicted octanol–water partition coefficient (Wildman–Crippen LogP) is 4.35. The summed E-state index contributed by atoms with van der Waals surface area (Å²) in [5.41, 5.74) is 2.00. The Morgan fingerprint density at radius 3 is 2.67 bits per heavy atom. The third kappa shape index (κ3) is 7.53. The second-order valence-electron chi connectivity index (χ2n) is 5.52. The first-order chi connectivity index (χ1) is 12.7. The maximum atomic E-state index is 5.56. The third-order valence-corrected chi connectivity index (χ3v) is 4.65. The second-order valence-corrected chi connectivity index (χ2v) is 6.46. The van der Waals surface area contributed by atoms with Crippen molar-refractivity contribution in [1.29, 1.82) is 0 Å². The number of aliphatic imine (C=N–C) groups is 1. The van der Waals surface area contributed by atoms with Crippen LogP contribution in [0.5, 0.6) is 11.5 Å². The Hall–Kier alpha value is -1.55. The Balaban J connectivity index is 0.00000364. The maximum Gasteiger partial charge on any atom is 0.195 e. The molecule has 1 aromatic carbocycles. The number of benzene rings is 1. The van der Waals surface area contributed by atoms with Gasteiger partial charge in [0.1, 0.15) is 0 Å². The number of guanidine groups is 1. The van der Waals surface area contributed by atoms with Crippen molar-refractivity contribution in [3.8, 4) is 11.5 Å². The van der Waals surface area contributed by atoms with Crippen LogP contribution in [0, 0.1) is 0 Å². The first-order valence-electron chi connectivity index (χ1n) is 8.99. The van der Waals surface area contributed by atoms with Crippen molar-refractivity contribution in [2.75, 3.05) is 32.1 Å². The summed E-state index contributed by atoms with van der Waals surface area (Å²) >= 11 is 1.71. The Labute approximate surface area is 182 Å². The molecule has 6 nitrogen and oxygen atoms in total. The molecule has 2 N–H and O–H groups in total. The summed E-state index contributed by atoms with van der Waals surface area (Å²) in [6.07, 6.45) is 1.82. The first kappa shape index (κ1) is 23.5. The molecule has 2 aromatic rings. The van der Waals surface area contributed by atoms with Crippen LogP contribution in [0.2, 0.25) is 0 Å². The highest BCUT2D eigenvalue weighted by Gasteiger charge is 2.07. The smallest absolute Gasteiger partial charge is 0.195 e. The highest BCUT2D eigenvalue weighted by atomic mass is 127. The third-order valence-electron chi connectivity index (χ3n) is 3.61. The van der Waals surface area contributed by atoms with Crippen molar-refractivity contribution < 1.29 is 9.47 Å². The van der Waals surface area contributed by atoms with Gasteiger partial charge >= 0.3 is 0 Å². The van der Waals surface area contributed by atoms with Crippen molar-refractivity contribution in [3.05, 3.63) is 34.3 Å². The van der Waals surface area contributed by atoms with E-state index in [1.807, 2.05) is 32.0 Å². The van der Waals surface area contributed by atoms with Crippen LogP contribution in [-0.2, 0) is 12.8 Å². The number of halogens is 1. The molecule has 8 heteroatoms. The molecule has 0 bridgehead atoms. The van der Waals surface area contributed by atoms with Gasteiger partial charge in [-0.05, 0) is 32.4 Å². The van der Waals surface area contributed by atoms with Crippen LogP contribution in [0.1, 0.15) is 31.5 Å². The van der Waals surface area contributed by atoms with E-state index < -0.39 is 0 Å². The fraction of sp³-hybridized carbons (Fsp3) is 0.474. The zero-order valence-corrected chi connectivity index (χ0v) is 19.5. The van der Waals surface area contributed by atoms with Gasteiger partial charge in [0.25, 0.3) is 0 Å². The van der Waals surface area contributed by atoms with E-state index in [0.717, 1.165) is 42.5 Å². The molecule has 0 spiro atoms. The highest BCUT2D eigenvalue weighted by molar-refractivity contribution is 14.0. The van der Waals surface area contributed by atoms with E-state index in [1.165, 1.54) is 5.01 Å². The molecule has 0 aliphatic heterocycles. The van der Waals surface area contributed by atoms with Gasteiger partial charge in [-0.3, -0.25) is 4.99 Å². The van der Waals surface area contributed by atoms with E-state index in [1.54, 1.807) is 18.4 Å². The first-order valence-corrected chi connectivity index (χ1v) is 9.87. The summed E-state index contributed by atoms with van der Waals surface area (Å²) in [4.78, 5) is 9.22. The number of hydrogen-bond acceptors (Lipinski definition) is 5. The van der Waals surface area contributed by atoms with Gasteiger partial charge in [-0.1, -0.05) is 6.92 Å². The van der Waals surface area contributed by atoms with Crippen molar-refractivity contribution in [3.63, 3.8) is 0 Å². The highest BCUT2D eigenvalue weighted by Crippen LogP contribution is 2.30. The normalized spacial score (nSPS) is 10.9. The molecule has 27 heavy (non-hydrogen) atoms. The van der Waals surface area contributed by atoms with Crippen LogP contribution in [0.15, 0.2) is 28.6 Å². The molecule has 1 aromatic heterocycles. The van der Waals surface area contributed by atoms with Crippen LogP contribution < -0.4 is 20.1 Å². The second kappa shape index (κ2) is 12.8. The minimum atomic E-state index is 0. The SMILES string of the molecule is CCNC(=NCCc1csc(CC)n1)Nc1ccc(OCC)c(OC)c1.I. The quantitative estimate of drug-likeness (QED) is 0.302. The van der Waals surface area contributed by atoms with E-state index in [-0.39, 0.29) is 24.0 Å². The summed E-state index contributed by atoms with van der Waals surface area (Å²) in [5, 5.41) is 9.87. The minimum Gasteiger partial charge on any atom is -0.493 e. The van der Waals surface area contributed by atoms with E-state index in [9.17, 15) is 0 Å². The van der Waals surface area contributed by atoms with Crippen LogP contribution in [-0.4, -0.2) is 37.7 Å². The molecule has 0 unspecified atom stereocenters. The Kier molecular flexibility index (Phi) is 11.1. The maximum absolute atomic E-state index is 5.56. The number of ether oxygens (including phenoxy) is 2. The number of methoxy groups -OCH3 is 1. The number of hydrogen-bond donors (Lipinski definition) is 2. The molecule has 0 amide bonds. The summed E-state index contributed by atoms with van der Waals surface area (Å²) in [6, 6.07) is 5.76. The number of aromatic nitrogens is 1. The lowest BCUT2D eigenvalue weighted by molar-refractivity contribution is 0.311. The van der Waals surface area contributed by atoms with Crippen LogP contribution >= 0.6 is 35.3 Å². The molecule has 0 atom stereocenters. The monoisotopic (exact) mass is 504 g/mol. The Morgan fingerprint density at radius 2 is 2.04 bits per heavy atom. The van der Waals surface area contributed by atoms with E-state index in [0.29, 0.717) is 18.9 Å². The molecule has 0 fully saturated rings. The van der Waals surface area contributed by atoms with Crippen LogP contribution in [0.4, 0.5) is 5.69 Å². The molecule has 0 aliphatic rings. The molecule has 0 saturated heterocycles. The lowest BCUT2D eigenvalue weighted by atomic mass is 10.2. The van der Waals surface area contributed by atoms with Crippen molar-refractivity contribution in [1.82, 2.24) is 10.3 Å². The van der Waals surface area contributed by atoms with E-state index in [4.69, 9.17) is 9.47 Å². The predicted molar refractivity (Wildman–Crippen MR) is 124 cm³/mol. The number of nitrogens with zero attached hydrogens (tertiary/aromatic N) is 2. The average Bonchev–Trinajstić information content (AvgIpc) is 3.11. The fourth-order valence-electron chi connectivity index (χ4n) is 2.37. The lowest BCUT2D eigenvalue weighted by Crippen LogP contribution is -2.30. The Bertz CT molecular complexity index is 721. The fourth-order valence-corrected chi connectivity index (χ4v) is 3.15. The number of thiazole rings is 1. The van der Waals surface area contributed by atoms with Gasteiger partial charge in [-0.25, -0.2) is 4.98 Å². The number of aryl methyl sites for hydroxylation is 1. The van der Waals surface area contributed by atoms with Gasteiger partial charge in [0, 0.05) is 36.6 Å². The van der Waals surface area contributed by atoms with Gasteiger partial charge in [-0.15, -0.1) is 35.3 Å². The topological polar surface area (TPSA) is 67.8 Å². The number of rotatable bonds is 9. The van der Waals surface area contributed by atoms with Gasteiger partial charge in [0.2, 0.25) is 0 Å². The Morgan fingerprint density at radius 1 is 1.22 bits per heavy atom. The van der Waals surface area contributed by atoms with E-state index in [2.05, 4.69) is 32.9 Å².